The van der Waals surface area contributed by atoms with E-state index in [0.717, 1.165) is 36.8 Å². The minimum atomic E-state index is 0.0477. The van der Waals surface area contributed by atoms with E-state index in [2.05, 4.69) is 59.9 Å². The summed E-state index contributed by atoms with van der Waals surface area (Å²) in [7, 11) is 0. The Morgan fingerprint density at radius 3 is 2.12 bits per heavy atom. The van der Waals surface area contributed by atoms with Crippen molar-refractivity contribution >= 4 is 5.91 Å². The van der Waals surface area contributed by atoms with Gasteiger partial charge in [0.15, 0.2) is 0 Å². The van der Waals surface area contributed by atoms with Crippen LogP contribution in [-0.4, -0.2) is 11.9 Å². The minimum Gasteiger partial charge on any atom is -0.349 e. The molecule has 0 heterocycles. The first-order chi connectivity index (χ1) is 12.8. The summed E-state index contributed by atoms with van der Waals surface area (Å²) in [5.41, 5.74) is 5.93. The number of aryl methyl sites for hydroxylation is 2. The predicted molar refractivity (Wildman–Crippen MR) is 105 cm³/mol. The van der Waals surface area contributed by atoms with Crippen molar-refractivity contribution < 1.29 is 4.79 Å². The fourth-order valence-electron chi connectivity index (χ4n) is 3.81. The Morgan fingerprint density at radius 2 is 1.38 bits per heavy atom. The maximum Gasteiger partial charge on any atom is 0.251 e. The van der Waals surface area contributed by atoms with E-state index in [9.17, 15) is 4.79 Å². The van der Waals surface area contributed by atoms with Crippen LogP contribution in [0.15, 0.2) is 78.9 Å². The summed E-state index contributed by atoms with van der Waals surface area (Å²) in [6.45, 7) is 0. The number of carbonyl (C=O) groups excluding carboxylic acids is 1. The van der Waals surface area contributed by atoms with Crippen LogP contribution in [0.5, 0.6) is 0 Å². The molecule has 1 aliphatic carbocycles. The summed E-state index contributed by atoms with van der Waals surface area (Å²) >= 11 is 0. The minimum absolute atomic E-state index is 0.0477. The summed E-state index contributed by atoms with van der Waals surface area (Å²) in [6.07, 6.45) is 3.67. The largest absolute Gasteiger partial charge is 0.349 e. The van der Waals surface area contributed by atoms with Crippen LogP contribution in [0.2, 0.25) is 0 Å². The van der Waals surface area contributed by atoms with Crippen molar-refractivity contribution in [3.8, 4) is 0 Å². The van der Waals surface area contributed by atoms with Gasteiger partial charge in [-0.05, 0) is 54.0 Å². The summed E-state index contributed by atoms with van der Waals surface area (Å²) in [5.74, 6) is 0.0477. The highest BCUT2D eigenvalue weighted by Gasteiger charge is 2.23. The van der Waals surface area contributed by atoms with Gasteiger partial charge in [-0.2, -0.15) is 0 Å². The molecule has 3 aromatic carbocycles. The van der Waals surface area contributed by atoms with E-state index in [1.54, 1.807) is 0 Å². The lowest BCUT2D eigenvalue weighted by Crippen LogP contribution is -2.35. The third-order valence-electron chi connectivity index (χ3n) is 5.17. The smallest absolute Gasteiger partial charge is 0.251 e. The van der Waals surface area contributed by atoms with Crippen LogP contribution in [0.25, 0.3) is 0 Å². The van der Waals surface area contributed by atoms with E-state index >= 15 is 0 Å². The van der Waals surface area contributed by atoms with Gasteiger partial charge in [0, 0.05) is 11.6 Å². The maximum absolute atomic E-state index is 12.9. The molecular formula is C24H23NO. The van der Waals surface area contributed by atoms with Crippen molar-refractivity contribution in [3.05, 3.63) is 107 Å². The topological polar surface area (TPSA) is 29.1 Å². The van der Waals surface area contributed by atoms with Crippen molar-refractivity contribution in [2.45, 2.75) is 31.7 Å². The van der Waals surface area contributed by atoms with Gasteiger partial charge in [-0.3, -0.25) is 4.79 Å². The molecule has 1 amide bonds. The molecule has 4 rings (SSSR count). The second-order valence-electron chi connectivity index (χ2n) is 6.99. The molecule has 0 saturated carbocycles. The van der Waals surface area contributed by atoms with Crippen molar-refractivity contribution in [3.63, 3.8) is 0 Å². The number of hydrogen-bond acceptors (Lipinski definition) is 1. The predicted octanol–water partition coefficient (Wildman–Crippen LogP) is 4.37. The molecule has 1 N–H and O–H groups in total. The first-order valence-electron chi connectivity index (χ1n) is 9.29. The maximum atomic E-state index is 12.9. The Hall–Kier alpha value is -2.87. The molecule has 0 saturated heterocycles. The number of nitrogens with one attached hydrogen (secondary N) is 1. The highest BCUT2D eigenvalue weighted by Crippen LogP contribution is 2.22. The van der Waals surface area contributed by atoms with Crippen LogP contribution in [0, 0.1) is 0 Å². The molecule has 2 nitrogen and oxygen atoms in total. The molecule has 0 unspecified atom stereocenters. The first kappa shape index (κ1) is 16.6. The van der Waals surface area contributed by atoms with Gasteiger partial charge in [-0.15, -0.1) is 0 Å². The molecule has 1 aliphatic rings. The fourth-order valence-corrected chi connectivity index (χ4v) is 3.81. The number of carbonyl (C=O) groups is 1. The van der Waals surface area contributed by atoms with Gasteiger partial charge in [-0.25, -0.2) is 0 Å². The van der Waals surface area contributed by atoms with E-state index < -0.39 is 0 Å². The molecular weight excluding hydrogens is 318 g/mol. The third kappa shape index (κ3) is 3.70. The van der Waals surface area contributed by atoms with Crippen molar-refractivity contribution in [1.82, 2.24) is 5.32 Å². The van der Waals surface area contributed by atoms with Crippen molar-refractivity contribution in [1.29, 1.82) is 0 Å². The Kier molecular flexibility index (Phi) is 4.83. The molecule has 0 aromatic heterocycles. The van der Waals surface area contributed by atoms with Gasteiger partial charge < -0.3 is 5.32 Å². The highest BCUT2D eigenvalue weighted by molar-refractivity contribution is 5.96. The zero-order chi connectivity index (χ0) is 17.8. The van der Waals surface area contributed by atoms with Gasteiger partial charge >= 0.3 is 0 Å². The van der Waals surface area contributed by atoms with Crippen LogP contribution < -0.4 is 5.32 Å². The first-order valence-corrected chi connectivity index (χ1v) is 9.29. The van der Waals surface area contributed by atoms with Gasteiger partial charge in [0.2, 0.25) is 0 Å². The van der Waals surface area contributed by atoms with E-state index in [1.807, 2.05) is 24.3 Å². The lowest BCUT2D eigenvalue weighted by atomic mass is 9.99. The molecule has 0 aliphatic heterocycles. The van der Waals surface area contributed by atoms with E-state index in [1.165, 1.54) is 16.7 Å². The lowest BCUT2D eigenvalue weighted by Gasteiger charge is -2.14. The molecule has 0 bridgehead atoms. The zero-order valence-corrected chi connectivity index (χ0v) is 14.8. The monoisotopic (exact) mass is 341 g/mol. The fraction of sp³-hybridized carbons (Fsp3) is 0.208. The van der Waals surface area contributed by atoms with Crippen LogP contribution in [0.4, 0.5) is 0 Å². The summed E-state index contributed by atoms with van der Waals surface area (Å²) in [4.78, 5) is 12.9. The number of benzene rings is 3. The average Bonchev–Trinajstić information content (AvgIpc) is 3.09. The molecule has 2 heteroatoms. The van der Waals surface area contributed by atoms with Crippen LogP contribution in [0.1, 0.15) is 32.6 Å². The Balaban J connectivity index is 1.43. The normalized spacial score (nSPS) is 13.4. The number of fused-ring (bicyclic) bond motifs is 1. The molecule has 0 spiro atoms. The zero-order valence-electron chi connectivity index (χ0n) is 14.8. The standard InChI is InChI=1S/C24H23NO/c26-24(25-22-16-20-11-4-5-12-21(20)17-22)23-13-7-6-10-19(23)15-14-18-8-2-1-3-9-18/h1-13,22H,14-17H2,(H,25,26). The highest BCUT2D eigenvalue weighted by atomic mass is 16.1. The molecule has 3 aromatic rings. The van der Waals surface area contributed by atoms with E-state index in [4.69, 9.17) is 0 Å². The molecule has 0 fully saturated rings. The number of hydrogen-bond donors (Lipinski definition) is 1. The van der Waals surface area contributed by atoms with Crippen LogP contribution in [0.3, 0.4) is 0 Å². The third-order valence-corrected chi connectivity index (χ3v) is 5.17. The summed E-state index contributed by atoms with van der Waals surface area (Å²) < 4.78 is 0. The second kappa shape index (κ2) is 7.57. The Bertz CT molecular complexity index is 876. The number of amides is 1. The Labute approximate surface area is 154 Å². The van der Waals surface area contributed by atoms with Gasteiger partial charge in [-0.1, -0.05) is 72.8 Å². The second-order valence-corrected chi connectivity index (χ2v) is 6.99. The SMILES string of the molecule is O=C(NC1Cc2ccccc2C1)c1ccccc1CCc1ccccc1. The summed E-state index contributed by atoms with van der Waals surface area (Å²) in [5, 5.41) is 3.24. The quantitative estimate of drug-likeness (QED) is 0.733. The summed E-state index contributed by atoms with van der Waals surface area (Å²) in [6, 6.07) is 27.1. The van der Waals surface area contributed by atoms with E-state index in [-0.39, 0.29) is 11.9 Å². The van der Waals surface area contributed by atoms with Crippen molar-refractivity contribution in [2.24, 2.45) is 0 Å². The molecule has 26 heavy (non-hydrogen) atoms. The Morgan fingerprint density at radius 1 is 0.769 bits per heavy atom. The van der Waals surface area contributed by atoms with E-state index in [0.29, 0.717) is 0 Å². The van der Waals surface area contributed by atoms with Gasteiger partial charge in [0.05, 0.1) is 0 Å². The van der Waals surface area contributed by atoms with Crippen LogP contribution >= 0.6 is 0 Å². The molecule has 0 radical (unpaired) electrons. The average molecular weight is 341 g/mol. The van der Waals surface area contributed by atoms with Crippen molar-refractivity contribution in [2.75, 3.05) is 0 Å². The van der Waals surface area contributed by atoms with Gasteiger partial charge in [0.25, 0.3) is 5.91 Å². The number of rotatable bonds is 5. The molecule has 130 valence electrons. The van der Waals surface area contributed by atoms with Gasteiger partial charge in [0.1, 0.15) is 0 Å². The molecule has 0 atom stereocenters. The lowest BCUT2D eigenvalue weighted by molar-refractivity contribution is 0.0937. The van der Waals surface area contributed by atoms with Crippen LogP contribution in [-0.2, 0) is 25.7 Å².